The minimum absolute atomic E-state index is 0.598. The van der Waals surface area contributed by atoms with Gasteiger partial charge in [0.2, 0.25) is 5.71 Å². The Balaban J connectivity index is 2.03. The molecule has 2 aromatic heterocycles. The summed E-state index contributed by atoms with van der Waals surface area (Å²) in [6.07, 6.45) is 3.68. The van der Waals surface area contributed by atoms with Crippen LogP contribution in [0.4, 0.5) is 0 Å². The predicted octanol–water partition coefficient (Wildman–Crippen LogP) is 4.50. The molecule has 0 atom stereocenters. The zero-order valence-corrected chi connectivity index (χ0v) is 11.3. The number of benzene rings is 1. The van der Waals surface area contributed by atoms with Gasteiger partial charge in [-0.15, -0.1) is 0 Å². The van der Waals surface area contributed by atoms with Crippen molar-refractivity contribution in [3.05, 3.63) is 47.3 Å². The van der Waals surface area contributed by atoms with Crippen molar-refractivity contribution in [1.82, 2.24) is 9.97 Å². The lowest BCUT2D eigenvalue weighted by atomic mass is 10.1. The summed E-state index contributed by atoms with van der Waals surface area (Å²) < 4.78 is 5.62. The fourth-order valence-electron chi connectivity index (χ4n) is 2.00. The highest BCUT2D eigenvalue weighted by atomic mass is 35.5. The third-order valence-electron chi connectivity index (χ3n) is 2.93. The lowest BCUT2D eigenvalue weighted by molar-refractivity contribution is 0.535. The van der Waals surface area contributed by atoms with E-state index in [0.717, 1.165) is 35.4 Å². The smallest absolute Gasteiger partial charge is 0.245 e. The lowest BCUT2D eigenvalue weighted by Gasteiger charge is -1.99. The molecule has 0 unspecified atom stereocenters. The number of halogens is 1. The quantitative estimate of drug-likeness (QED) is 0.705. The monoisotopic (exact) mass is 272 g/mol. The van der Waals surface area contributed by atoms with E-state index in [1.54, 1.807) is 6.20 Å². The molecule has 1 aromatic carbocycles. The predicted molar refractivity (Wildman–Crippen MR) is 76.2 cm³/mol. The van der Waals surface area contributed by atoms with Crippen molar-refractivity contribution in [2.75, 3.05) is 0 Å². The summed E-state index contributed by atoms with van der Waals surface area (Å²) in [5.74, 6) is 0.936. The van der Waals surface area contributed by atoms with Crippen molar-refractivity contribution in [1.29, 1.82) is 0 Å². The summed E-state index contributed by atoms with van der Waals surface area (Å²) in [6.45, 7) is 2.12. The molecule has 0 N–H and O–H groups in total. The number of fused-ring (bicyclic) bond motifs is 1. The van der Waals surface area contributed by atoms with Gasteiger partial charge in [0.15, 0.2) is 0 Å². The zero-order valence-electron chi connectivity index (χ0n) is 10.6. The lowest BCUT2D eigenvalue weighted by Crippen LogP contribution is -1.85. The minimum Gasteiger partial charge on any atom is -0.441 e. The van der Waals surface area contributed by atoms with Crippen LogP contribution in [0, 0.1) is 0 Å². The van der Waals surface area contributed by atoms with Gasteiger partial charge in [0, 0.05) is 23.1 Å². The molecule has 0 radical (unpaired) electrons. The van der Waals surface area contributed by atoms with E-state index in [9.17, 15) is 0 Å². The average Bonchev–Trinajstić information content (AvgIpc) is 2.81. The molecule has 3 rings (SSSR count). The van der Waals surface area contributed by atoms with E-state index in [1.165, 1.54) is 0 Å². The first-order valence-electron chi connectivity index (χ1n) is 6.27. The number of aryl methyl sites for hydroxylation is 1. The van der Waals surface area contributed by atoms with Crippen molar-refractivity contribution in [3.63, 3.8) is 0 Å². The Morgan fingerprint density at radius 3 is 2.74 bits per heavy atom. The molecule has 0 spiro atoms. The number of nitrogens with zero attached hydrogens (tertiary/aromatic N) is 2. The number of aromatic nitrogens is 2. The molecule has 19 heavy (non-hydrogen) atoms. The molecule has 0 saturated heterocycles. The highest BCUT2D eigenvalue weighted by Gasteiger charge is 2.08. The van der Waals surface area contributed by atoms with Crippen LogP contribution in [-0.4, -0.2) is 9.97 Å². The van der Waals surface area contributed by atoms with Crippen LogP contribution in [0.1, 0.15) is 19.1 Å². The Morgan fingerprint density at radius 2 is 2.00 bits per heavy atom. The first kappa shape index (κ1) is 12.2. The molecule has 3 aromatic rings. The van der Waals surface area contributed by atoms with E-state index >= 15 is 0 Å². The Hall–Kier alpha value is -1.87. The summed E-state index contributed by atoms with van der Waals surface area (Å²) in [6, 6.07) is 9.53. The molecule has 0 aliphatic carbocycles. The van der Waals surface area contributed by atoms with Gasteiger partial charge in [-0.2, -0.15) is 0 Å². The molecule has 0 bridgehead atoms. The van der Waals surface area contributed by atoms with Crippen LogP contribution in [0.5, 0.6) is 0 Å². The van der Waals surface area contributed by atoms with Gasteiger partial charge < -0.3 is 4.42 Å². The summed E-state index contributed by atoms with van der Waals surface area (Å²) in [4.78, 5) is 8.90. The van der Waals surface area contributed by atoms with Gasteiger partial charge in [-0.05, 0) is 18.6 Å². The molecule has 96 valence electrons. The van der Waals surface area contributed by atoms with Gasteiger partial charge in [-0.25, -0.2) is 9.97 Å². The van der Waals surface area contributed by atoms with E-state index in [-0.39, 0.29) is 0 Å². The number of hydrogen-bond donors (Lipinski definition) is 0. The topological polar surface area (TPSA) is 38.9 Å². The Morgan fingerprint density at radius 1 is 1.21 bits per heavy atom. The molecule has 0 saturated carbocycles. The molecular formula is C15H13ClN2O. The van der Waals surface area contributed by atoms with Gasteiger partial charge in [-0.3, -0.25) is 0 Å². The SMILES string of the molecule is CCCc1cc2nc(-c3ccc(Cl)cc3)cnc2o1. The third kappa shape index (κ3) is 2.47. The van der Waals surface area contributed by atoms with Crippen LogP contribution in [0.25, 0.3) is 22.5 Å². The van der Waals surface area contributed by atoms with E-state index < -0.39 is 0 Å². The fraction of sp³-hybridized carbons (Fsp3) is 0.200. The molecule has 3 nitrogen and oxygen atoms in total. The normalized spacial score (nSPS) is 11.1. The van der Waals surface area contributed by atoms with Crippen LogP contribution < -0.4 is 0 Å². The Labute approximate surface area is 116 Å². The molecule has 4 heteroatoms. The van der Waals surface area contributed by atoms with Gasteiger partial charge in [-0.1, -0.05) is 30.7 Å². The summed E-state index contributed by atoms with van der Waals surface area (Å²) >= 11 is 5.88. The Kier molecular flexibility index (Phi) is 3.22. The standard InChI is InChI=1S/C15H13ClN2O/c1-2-3-12-8-13-15(19-12)17-9-14(18-13)10-4-6-11(16)7-5-10/h4-9H,2-3H2,1H3. The molecule has 0 fully saturated rings. The number of hydrogen-bond acceptors (Lipinski definition) is 3. The van der Waals surface area contributed by atoms with Crippen molar-refractivity contribution in [3.8, 4) is 11.3 Å². The number of furan rings is 1. The van der Waals surface area contributed by atoms with E-state index in [4.69, 9.17) is 16.0 Å². The van der Waals surface area contributed by atoms with Crippen molar-refractivity contribution in [2.45, 2.75) is 19.8 Å². The first-order chi connectivity index (χ1) is 9.26. The first-order valence-corrected chi connectivity index (χ1v) is 6.65. The fourth-order valence-corrected chi connectivity index (χ4v) is 2.13. The van der Waals surface area contributed by atoms with Crippen molar-refractivity contribution < 1.29 is 4.42 Å². The van der Waals surface area contributed by atoms with E-state index in [2.05, 4.69) is 16.9 Å². The number of rotatable bonds is 3. The van der Waals surface area contributed by atoms with Crippen molar-refractivity contribution in [2.24, 2.45) is 0 Å². The van der Waals surface area contributed by atoms with E-state index in [1.807, 2.05) is 30.3 Å². The van der Waals surface area contributed by atoms with E-state index in [0.29, 0.717) is 10.7 Å². The van der Waals surface area contributed by atoms with Gasteiger partial charge in [0.1, 0.15) is 11.3 Å². The summed E-state index contributed by atoms with van der Waals surface area (Å²) in [7, 11) is 0. The van der Waals surface area contributed by atoms with Crippen LogP contribution in [0.3, 0.4) is 0 Å². The molecule has 0 amide bonds. The maximum atomic E-state index is 5.88. The molecule has 0 aliphatic heterocycles. The summed E-state index contributed by atoms with van der Waals surface area (Å²) in [5, 5.41) is 0.714. The second-order valence-corrected chi connectivity index (χ2v) is 4.85. The van der Waals surface area contributed by atoms with Gasteiger partial charge in [0.05, 0.1) is 11.9 Å². The second-order valence-electron chi connectivity index (χ2n) is 4.42. The van der Waals surface area contributed by atoms with Crippen LogP contribution in [0.2, 0.25) is 5.02 Å². The highest BCUT2D eigenvalue weighted by molar-refractivity contribution is 6.30. The minimum atomic E-state index is 0.598. The highest BCUT2D eigenvalue weighted by Crippen LogP contribution is 2.23. The summed E-state index contributed by atoms with van der Waals surface area (Å²) in [5.41, 5.74) is 3.22. The molecular weight excluding hydrogens is 260 g/mol. The van der Waals surface area contributed by atoms with Gasteiger partial charge >= 0.3 is 0 Å². The maximum Gasteiger partial charge on any atom is 0.245 e. The molecule has 2 heterocycles. The second kappa shape index (κ2) is 5.02. The van der Waals surface area contributed by atoms with Crippen LogP contribution in [0.15, 0.2) is 40.9 Å². The van der Waals surface area contributed by atoms with Gasteiger partial charge in [0.25, 0.3) is 0 Å². The average molecular weight is 273 g/mol. The third-order valence-corrected chi connectivity index (χ3v) is 3.18. The van der Waals surface area contributed by atoms with Crippen molar-refractivity contribution >= 4 is 22.8 Å². The largest absolute Gasteiger partial charge is 0.441 e. The Bertz CT molecular complexity index is 704. The van der Waals surface area contributed by atoms with Crippen LogP contribution >= 0.6 is 11.6 Å². The van der Waals surface area contributed by atoms with Crippen LogP contribution in [-0.2, 0) is 6.42 Å². The maximum absolute atomic E-state index is 5.88. The molecule has 0 aliphatic rings. The zero-order chi connectivity index (χ0) is 13.2.